The van der Waals surface area contributed by atoms with Crippen molar-refractivity contribution in [3.8, 4) is 28.6 Å². The van der Waals surface area contributed by atoms with Gasteiger partial charge in [-0.3, -0.25) is 14.5 Å². The van der Waals surface area contributed by atoms with Crippen molar-refractivity contribution in [1.82, 2.24) is 20.4 Å². The number of carbonyl (C=O) groups excluding carboxylic acids is 2. The summed E-state index contributed by atoms with van der Waals surface area (Å²) in [5.41, 5.74) is 2.78. The van der Waals surface area contributed by atoms with E-state index in [0.29, 0.717) is 66.8 Å². The second kappa shape index (κ2) is 14.5. The van der Waals surface area contributed by atoms with E-state index in [1.54, 1.807) is 39.5 Å². The summed E-state index contributed by atoms with van der Waals surface area (Å²) < 4.78 is 21.3. The van der Waals surface area contributed by atoms with Crippen molar-refractivity contribution >= 4 is 17.5 Å². The Balaban J connectivity index is 1.10. The number of anilines is 1. The maximum Gasteiger partial charge on any atom is 0.253 e. The fourth-order valence-electron chi connectivity index (χ4n) is 5.20. The highest BCUT2D eigenvalue weighted by Crippen LogP contribution is 2.28. The average Bonchev–Trinajstić information content (AvgIpc) is 3.53. The van der Waals surface area contributed by atoms with Gasteiger partial charge >= 0.3 is 0 Å². The molecule has 0 unspecified atom stereocenters. The molecule has 4 aromatic rings. The van der Waals surface area contributed by atoms with Crippen molar-refractivity contribution in [2.24, 2.45) is 5.92 Å². The van der Waals surface area contributed by atoms with Crippen LogP contribution in [0, 0.1) is 5.92 Å². The third kappa shape index (κ3) is 7.54. The third-order valence-electron chi connectivity index (χ3n) is 7.71. The van der Waals surface area contributed by atoms with E-state index < -0.39 is 0 Å². The van der Waals surface area contributed by atoms with E-state index in [-0.39, 0.29) is 17.7 Å². The minimum atomic E-state index is -0.246. The number of nitrogens with zero attached hydrogens (tertiary/aromatic N) is 3. The third-order valence-corrected chi connectivity index (χ3v) is 7.71. The number of hydrogen-bond donors (Lipinski definition) is 2. The topological polar surface area (TPSA) is 128 Å². The molecule has 11 nitrogen and oxygen atoms in total. The zero-order valence-electron chi connectivity index (χ0n) is 25.2. The number of para-hydroxylation sites is 1. The SMILES string of the molecule is COc1ccc(-c2noc(CN3CCC(C(=O)Nc4ccccc4C(=O)NCCc4ccc(OC)c(OC)c4)CC3)n2)cc1. The highest BCUT2D eigenvalue weighted by atomic mass is 16.5. The zero-order valence-corrected chi connectivity index (χ0v) is 25.2. The van der Waals surface area contributed by atoms with Crippen LogP contribution in [0.3, 0.4) is 0 Å². The van der Waals surface area contributed by atoms with Gasteiger partial charge in [-0.15, -0.1) is 0 Å². The van der Waals surface area contributed by atoms with Gasteiger partial charge < -0.3 is 29.4 Å². The van der Waals surface area contributed by atoms with E-state index in [4.69, 9.17) is 18.7 Å². The molecular weight excluding hydrogens is 562 g/mol. The highest BCUT2D eigenvalue weighted by Gasteiger charge is 2.27. The normalized spacial score (nSPS) is 13.7. The molecule has 1 fully saturated rings. The Morgan fingerprint density at radius 2 is 1.68 bits per heavy atom. The maximum absolute atomic E-state index is 13.2. The van der Waals surface area contributed by atoms with Crippen molar-refractivity contribution in [1.29, 1.82) is 0 Å². The number of aromatic nitrogens is 2. The van der Waals surface area contributed by atoms with Crippen LogP contribution in [0.15, 0.2) is 71.3 Å². The Kier molecular flexibility index (Phi) is 10.1. The molecule has 2 amide bonds. The molecule has 0 saturated carbocycles. The Bertz CT molecular complexity index is 1560. The first-order valence-electron chi connectivity index (χ1n) is 14.6. The largest absolute Gasteiger partial charge is 0.497 e. The predicted octanol–water partition coefficient (Wildman–Crippen LogP) is 4.59. The lowest BCUT2D eigenvalue weighted by atomic mass is 9.95. The van der Waals surface area contributed by atoms with Gasteiger partial charge in [-0.05, 0) is 86.4 Å². The summed E-state index contributed by atoms with van der Waals surface area (Å²) >= 11 is 0. The van der Waals surface area contributed by atoms with Crippen LogP contribution in [-0.4, -0.2) is 67.8 Å². The Morgan fingerprint density at radius 1 is 0.932 bits per heavy atom. The van der Waals surface area contributed by atoms with Gasteiger partial charge in [-0.25, -0.2) is 0 Å². The van der Waals surface area contributed by atoms with Gasteiger partial charge in [0.2, 0.25) is 17.6 Å². The van der Waals surface area contributed by atoms with Crippen LogP contribution in [0.1, 0.15) is 34.7 Å². The fraction of sp³-hybridized carbons (Fsp3) is 0.333. The number of nitrogens with one attached hydrogen (secondary N) is 2. The van der Waals surface area contributed by atoms with E-state index >= 15 is 0 Å². The van der Waals surface area contributed by atoms with Crippen LogP contribution in [0.5, 0.6) is 17.2 Å². The van der Waals surface area contributed by atoms with Gasteiger partial charge in [0, 0.05) is 18.0 Å². The smallest absolute Gasteiger partial charge is 0.253 e. The van der Waals surface area contributed by atoms with Gasteiger partial charge in [0.25, 0.3) is 5.91 Å². The van der Waals surface area contributed by atoms with Crippen LogP contribution in [0.2, 0.25) is 0 Å². The van der Waals surface area contributed by atoms with Gasteiger partial charge in [0.1, 0.15) is 5.75 Å². The minimum Gasteiger partial charge on any atom is -0.497 e. The Hall–Kier alpha value is -4.90. The van der Waals surface area contributed by atoms with Crippen molar-refractivity contribution in [2.45, 2.75) is 25.8 Å². The molecule has 0 radical (unpaired) electrons. The molecule has 0 aliphatic carbocycles. The van der Waals surface area contributed by atoms with Crippen LogP contribution >= 0.6 is 0 Å². The lowest BCUT2D eigenvalue weighted by Gasteiger charge is -2.30. The summed E-state index contributed by atoms with van der Waals surface area (Å²) in [6.45, 7) is 2.38. The molecule has 0 spiro atoms. The first-order chi connectivity index (χ1) is 21.5. The molecule has 1 aromatic heterocycles. The molecule has 0 atom stereocenters. The van der Waals surface area contributed by atoms with Crippen LogP contribution in [0.4, 0.5) is 5.69 Å². The number of amides is 2. The zero-order chi connectivity index (χ0) is 30.9. The van der Waals surface area contributed by atoms with Gasteiger partial charge in [-0.1, -0.05) is 23.4 Å². The van der Waals surface area contributed by atoms with E-state index in [9.17, 15) is 9.59 Å². The molecule has 230 valence electrons. The van der Waals surface area contributed by atoms with Crippen molar-refractivity contribution in [2.75, 3.05) is 46.3 Å². The molecule has 1 aliphatic heterocycles. The summed E-state index contributed by atoms with van der Waals surface area (Å²) in [5, 5.41) is 10.1. The lowest BCUT2D eigenvalue weighted by molar-refractivity contribution is -0.121. The van der Waals surface area contributed by atoms with E-state index in [1.807, 2.05) is 48.5 Å². The van der Waals surface area contributed by atoms with Gasteiger partial charge in [0.05, 0.1) is 39.1 Å². The van der Waals surface area contributed by atoms with E-state index in [0.717, 1.165) is 30.0 Å². The first-order valence-corrected chi connectivity index (χ1v) is 14.6. The molecule has 2 heterocycles. The van der Waals surface area contributed by atoms with Crippen LogP contribution in [0.25, 0.3) is 11.4 Å². The molecule has 3 aromatic carbocycles. The number of piperidine rings is 1. The Labute approximate surface area is 256 Å². The van der Waals surface area contributed by atoms with Crippen molar-refractivity contribution in [3.63, 3.8) is 0 Å². The molecule has 0 bridgehead atoms. The van der Waals surface area contributed by atoms with Crippen molar-refractivity contribution < 1.29 is 28.3 Å². The number of ether oxygens (including phenoxy) is 3. The number of benzene rings is 3. The fourth-order valence-corrected chi connectivity index (χ4v) is 5.20. The molecule has 1 aliphatic rings. The summed E-state index contributed by atoms with van der Waals surface area (Å²) in [7, 11) is 4.81. The standard InChI is InChI=1S/C33H37N5O6/c1-41-25-11-9-23(10-12-25)31-36-30(44-37-31)21-38-18-15-24(16-19-38)32(39)35-27-7-5-4-6-26(27)33(40)34-17-14-22-8-13-28(42-2)29(20-22)43-3/h4-13,20,24H,14-19,21H2,1-3H3,(H,34,40)(H,35,39). The lowest BCUT2D eigenvalue weighted by Crippen LogP contribution is -2.38. The van der Waals surface area contributed by atoms with Crippen LogP contribution < -0.4 is 24.8 Å². The molecule has 44 heavy (non-hydrogen) atoms. The van der Waals surface area contributed by atoms with Gasteiger partial charge in [0.15, 0.2) is 11.5 Å². The molecular formula is C33H37N5O6. The molecule has 5 rings (SSSR count). The van der Waals surface area contributed by atoms with Gasteiger partial charge in [-0.2, -0.15) is 4.98 Å². The van der Waals surface area contributed by atoms with E-state index in [1.165, 1.54) is 0 Å². The number of hydrogen-bond acceptors (Lipinski definition) is 9. The minimum absolute atomic E-state index is 0.0881. The number of carbonyl (C=O) groups is 2. The summed E-state index contributed by atoms with van der Waals surface area (Å²) in [6.07, 6.45) is 1.99. The summed E-state index contributed by atoms with van der Waals surface area (Å²) in [5.74, 6) is 2.62. The summed E-state index contributed by atoms with van der Waals surface area (Å²) in [6, 6.07) is 20.2. The molecule has 11 heteroatoms. The highest BCUT2D eigenvalue weighted by molar-refractivity contribution is 6.04. The molecule has 1 saturated heterocycles. The van der Waals surface area contributed by atoms with E-state index in [2.05, 4.69) is 25.7 Å². The first kappa shape index (κ1) is 30.6. The second-order valence-corrected chi connectivity index (χ2v) is 10.5. The average molecular weight is 600 g/mol. The summed E-state index contributed by atoms with van der Waals surface area (Å²) in [4.78, 5) is 33.0. The number of rotatable bonds is 12. The quantitative estimate of drug-likeness (QED) is 0.240. The Morgan fingerprint density at radius 3 is 2.41 bits per heavy atom. The second-order valence-electron chi connectivity index (χ2n) is 10.5. The maximum atomic E-state index is 13.2. The van der Waals surface area contributed by atoms with Crippen LogP contribution in [-0.2, 0) is 17.8 Å². The number of methoxy groups -OCH3 is 3. The predicted molar refractivity (Wildman–Crippen MR) is 165 cm³/mol. The van der Waals surface area contributed by atoms with Crippen molar-refractivity contribution in [3.05, 3.63) is 83.7 Å². The monoisotopic (exact) mass is 599 g/mol. The molecule has 2 N–H and O–H groups in total. The number of likely N-dealkylation sites (tertiary alicyclic amines) is 1.